The van der Waals surface area contributed by atoms with Gasteiger partial charge in [-0.25, -0.2) is 8.42 Å². The van der Waals surface area contributed by atoms with Crippen LogP contribution in [-0.4, -0.2) is 51.2 Å². The van der Waals surface area contributed by atoms with Gasteiger partial charge in [0.1, 0.15) is 9.77 Å². The van der Waals surface area contributed by atoms with E-state index in [-0.39, 0.29) is 15.7 Å². The molecule has 6 nitrogen and oxygen atoms in total. The van der Waals surface area contributed by atoms with Crippen molar-refractivity contribution >= 4 is 33.0 Å². The molecule has 0 spiro atoms. The molecule has 0 N–H and O–H groups in total. The molecule has 0 saturated carbocycles. The molecule has 1 amide bonds. The van der Waals surface area contributed by atoms with Crippen molar-refractivity contribution in [1.29, 1.82) is 0 Å². The fourth-order valence-corrected chi connectivity index (χ4v) is 6.70. The van der Waals surface area contributed by atoms with E-state index in [0.717, 1.165) is 16.8 Å². The maximum absolute atomic E-state index is 13.4. The predicted octanol–water partition coefficient (Wildman–Crippen LogP) is 3.83. The average molecular weight is 470 g/mol. The highest BCUT2D eigenvalue weighted by Crippen LogP contribution is 2.30. The lowest BCUT2D eigenvalue weighted by Gasteiger charge is -2.28. The Balaban J connectivity index is 1.53. The average Bonchev–Trinajstić information content (AvgIpc) is 3.29. The molecule has 32 heavy (non-hydrogen) atoms. The Hall–Kier alpha value is -2.68. The first-order valence-electron chi connectivity index (χ1n) is 10.4. The summed E-state index contributed by atoms with van der Waals surface area (Å²) in [4.78, 5) is 17.1. The zero-order chi connectivity index (χ0) is 22.9. The van der Waals surface area contributed by atoms with Gasteiger partial charge in [0.15, 0.2) is 0 Å². The van der Waals surface area contributed by atoms with E-state index >= 15 is 0 Å². The summed E-state index contributed by atoms with van der Waals surface area (Å²) in [6.45, 7) is 1.15. The molecule has 168 valence electrons. The Morgan fingerprint density at radius 3 is 2.38 bits per heavy atom. The standard InChI is InChI=1S/C24H27N3O3S2/c1-25(2)21-10-8-18(9-11-21)16-26(3)24(28)23-22(13-15-31-23)32(29,30)27-14-12-19-6-4-5-7-20(19)17-27/h4-11,13,15H,12,14,16-17H2,1-3H3. The Morgan fingerprint density at radius 2 is 1.69 bits per heavy atom. The van der Waals surface area contributed by atoms with Crippen LogP contribution in [0.25, 0.3) is 0 Å². The predicted molar refractivity (Wildman–Crippen MR) is 129 cm³/mol. The summed E-state index contributed by atoms with van der Waals surface area (Å²) in [6, 6.07) is 17.4. The minimum Gasteiger partial charge on any atom is -0.378 e. The summed E-state index contributed by atoms with van der Waals surface area (Å²) in [5, 5.41) is 1.68. The van der Waals surface area contributed by atoms with E-state index in [4.69, 9.17) is 0 Å². The van der Waals surface area contributed by atoms with Crippen molar-refractivity contribution in [2.24, 2.45) is 0 Å². The minimum atomic E-state index is -3.77. The van der Waals surface area contributed by atoms with Crippen LogP contribution in [0.1, 0.15) is 26.4 Å². The van der Waals surface area contributed by atoms with Gasteiger partial charge in [-0.3, -0.25) is 4.79 Å². The fraction of sp³-hybridized carbons (Fsp3) is 0.292. The number of benzene rings is 2. The zero-order valence-electron chi connectivity index (χ0n) is 18.5. The van der Waals surface area contributed by atoms with Gasteiger partial charge in [-0.05, 0) is 46.7 Å². The summed E-state index contributed by atoms with van der Waals surface area (Å²) >= 11 is 1.18. The molecular weight excluding hydrogens is 442 g/mol. The van der Waals surface area contributed by atoms with Gasteiger partial charge >= 0.3 is 0 Å². The van der Waals surface area contributed by atoms with Gasteiger partial charge in [0, 0.05) is 46.5 Å². The number of amides is 1. The van der Waals surface area contributed by atoms with Crippen molar-refractivity contribution < 1.29 is 13.2 Å². The van der Waals surface area contributed by atoms with Gasteiger partial charge in [0.25, 0.3) is 5.91 Å². The molecule has 4 rings (SSSR count). The lowest BCUT2D eigenvalue weighted by molar-refractivity contribution is 0.0786. The van der Waals surface area contributed by atoms with Crippen LogP contribution in [0.4, 0.5) is 5.69 Å². The maximum Gasteiger partial charge on any atom is 0.265 e. The lowest BCUT2D eigenvalue weighted by Crippen LogP contribution is -2.37. The molecule has 2 aromatic carbocycles. The molecule has 0 fully saturated rings. The second-order valence-electron chi connectivity index (χ2n) is 8.19. The van der Waals surface area contributed by atoms with Crippen LogP contribution in [0.15, 0.2) is 64.9 Å². The topological polar surface area (TPSA) is 60.9 Å². The molecule has 2 heterocycles. The van der Waals surface area contributed by atoms with Gasteiger partial charge in [-0.15, -0.1) is 11.3 Å². The maximum atomic E-state index is 13.4. The number of sulfonamides is 1. The fourth-order valence-electron chi connectivity index (χ4n) is 3.89. The smallest absolute Gasteiger partial charge is 0.265 e. The third-order valence-corrected chi connectivity index (χ3v) is 8.68. The Labute approximate surface area is 193 Å². The van der Waals surface area contributed by atoms with E-state index in [2.05, 4.69) is 0 Å². The largest absolute Gasteiger partial charge is 0.378 e. The molecule has 8 heteroatoms. The number of thiophene rings is 1. The third-order valence-electron chi connectivity index (χ3n) is 5.76. The van der Waals surface area contributed by atoms with Crippen molar-refractivity contribution in [1.82, 2.24) is 9.21 Å². The van der Waals surface area contributed by atoms with Gasteiger partial charge < -0.3 is 9.80 Å². The molecule has 1 aliphatic heterocycles. The second-order valence-corrected chi connectivity index (χ2v) is 11.0. The summed E-state index contributed by atoms with van der Waals surface area (Å²) in [5.41, 5.74) is 4.27. The van der Waals surface area contributed by atoms with Crippen molar-refractivity contribution in [3.63, 3.8) is 0 Å². The van der Waals surface area contributed by atoms with Gasteiger partial charge in [-0.2, -0.15) is 4.31 Å². The number of hydrogen-bond acceptors (Lipinski definition) is 5. The number of fused-ring (bicyclic) bond motifs is 1. The van der Waals surface area contributed by atoms with E-state index < -0.39 is 10.0 Å². The highest BCUT2D eigenvalue weighted by Gasteiger charge is 2.33. The number of anilines is 1. The highest BCUT2D eigenvalue weighted by atomic mass is 32.2. The molecule has 0 radical (unpaired) electrons. The Bertz CT molecular complexity index is 1220. The van der Waals surface area contributed by atoms with Gasteiger partial charge in [0.05, 0.1) is 0 Å². The molecule has 0 aliphatic carbocycles. The first-order valence-corrected chi connectivity index (χ1v) is 12.8. The van der Waals surface area contributed by atoms with Crippen LogP contribution in [0, 0.1) is 0 Å². The number of hydrogen-bond donors (Lipinski definition) is 0. The lowest BCUT2D eigenvalue weighted by atomic mass is 10.0. The van der Waals surface area contributed by atoms with Crippen molar-refractivity contribution in [3.8, 4) is 0 Å². The summed E-state index contributed by atoms with van der Waals surface area (Å²) in [5.74, 6) is -0.285. The van der Waals surface area contributed by atoms with E-state index in [1.807, 2.05) is 67.5 Å². The molecule has 1 aliphatic rings. The van der Waals surface area contributed by atoms with Crippen molar-refractivity contribution in [2.75, 3.05) is 32.6 Å². The number of carbonyl (C=O) groups is 1. The Kier molecular flexibility index (Phi) is 6.37. The van der Waals surface area contributed by atoms with E-state index in [1.165, 1.54) is 21.2 Å². The third kappa shape index (κ3) is 4.44. The summed E-state index contributed by atoms with van der Waals surface area (Å²) < 4.78 is 28.3. The van der Waals surface area contributed by atoms with Crippen molar-refractivity contribution in [3.05, 3.63) is 81.5 Å². The Morgan fingerprint density at radius 1 is 1.00 bits per heavy atom. The molecular formula is C24H27N3O3S2. The minimum absolute atomic E-state index is 0.0988. The highest BCUT2D eigenvalue weighted by molar-refractivity contribution is 7.89. The second kappa shape index (κ2) is 9.05. The molecule has 0 unspecified atom stereocenters. The van der Waals surface area contributed by atoms with E-state index in [1.54, 1.807) is 23.4 Å². The number of rotatable bonds is 6. The van der Waals surface area contributed by atoms with Gasteiger partial charge in [0.2, 0.25) is 10.0 Å². The summed E-state index contributed by atoms with van der Waals surface area (Å²) in [7, 11) is 1.89. The monoisotopic (exact) mass is 469 g/mol. The SMILES string of the molecule is CN(Cc1ccc(N(C)C)cc1)C(=O)c1sccc1S(=O)(=O)N1CCc2ccccc2C1. The first kappa shape index (κ1) is 22.5. The van der Waals surface area contributed by atoms with Gasteiger partial charge in [-0.1, -0.05) is 36.4 Å². The van der Waals surface area contributed by atoms with Crippen LogP contribution >= 0.6 is 11.3 Å². The molecule has 3 aromatic rings. The van der Waals surface area contributed by atoms with Crippen molar-refractivity contribution in [2.45, 2.75) is 24.4 Å². The summed E-state index contributed by atoms with van der Waals surface area (Å²) in [6.07, 6.45) is 0.672. The zero-order valence-corrected chi connectivity index (χ0v) is 20.1. The van der Waals surface area contributed by atoms with E-state index in [9.17, 15) is 13.2 Å². The molecule has 0 bridgehead atoms. The van der Waals surface area contributed by atoms with Crippen LogP contribution in [-0.2, 0) is 29.5 Å². The first-order chi connectivity index (χ1) is 15.3. The van der Waals surface area contributed by atoms with Crippen LogP contribution < -0.4 is 4.90 Å². The number of nitrogens with zero attached hydrogens (tertiary/aromatic N) is 3. The van der Waals surface area contributed by atoms with Crippen LogP contribution in [0.2, 0.25) is 0 Å². The molecule has 0 saturated heterocycles. The van der Waals surface area contributed by atoms with E-state index in [0.29, 0.717) is 26.1 Å². The number of carbonyl (C=O) groups excluding carboxylic acids is 1. The molecule has 1 aromatic heterocycles. The van der Waals surface area contributed by atoms with Crippen LogP contribution in [0.3, 0.4) is 0 Å². The molecule has 0 atom stereocenters. The van der Waals surface area contributed by atoms with Crippen LogP contribution in [0.5, 0.6) is 0 Å². The normalized spacial score (nSPS) is 14.1. The quantitative estimate of drug-likeness (QED) is 0.551.